The van der Waals surface area contributed by atoms with Crippen LogP contribution in [0, 0.1) is 0 Å². The summed E-state index contributed by atoms with van der Waals surface area (Å²) >= 11 is 1.81. The highest BCUT2D eigenvalue weighted by Crippen LogP contribution is 2.35. The standard InChI is InChI=1S/C17H18N2S/c1-2-13-8-10-15(11-9-13)19-17-18-12-16(20-17)14-6-4-3-5-7-14/h3-11,16H,2,12H2,1H3,(H,18,19). The van der Waals surface area contributed by atoms with E-state index in [2.05, 4.69) is 71.8 Å². The van der Waals surface area contributed by atoms with Crippen LogP contribution >= 0.6 is 11.8 Å². The lowest BCUT2D eigenvalue weighted by Crippen LogP contribution is -2.05. The van der Waals surface area contributed by atoms with Crippen LogP contribution in [0.3, 0.4) is 0 Å². The van der Waals surface area contributed by atoms with E-state index in [0.717, 1.165) is 23.8 Å². The third-order valence-electron chi connectivity index (χ3n) is 3.44. The molecular formula is C17H18N2S. The second-order valence-electron chi connectivity index (χ2n) is 4.84. The molecule has 0 saturated carbocycles. The van der Waals surface area contributed by atoms with E-state index in [9.17, 15) is 0 Å². The lowest BCUT2D eigenvalue weighted by atomic mass is 10.1. The SMILES string of the molecule is CCc1ccc(NC2=NCC(c3ccccc3)S2)cc1. The lowest BCUT2D eigenvalue weighted by molar-refractivity contribution is 0.966. The van der Waals surface area contributed by atoms with Crippen LogP contribution in [0.5, 0.6) is 0 Å². The number of aliphatic imine (C=N–C) groups is 1. The fourth-order valence-corrected chi connectivity index (χ4v) is 3.27. The van der Waals surface area contributed by atoms with Crippen LogP contribution in [-0.4, -0.2) is 11.7 Å². The third-order valence-corrected chi connectivity index (χ3v) is 4.60. The van der Waals surface area contributed by atoms with Crippen molar-refractivity contribution >= 4 is 22.6 Å². The van der Waals surface area contributed by atoms with Crippen molar-refractivity contribution in [2.24, 2.45) is 4.99 Å². The molecule has 0 radical (unpaired) electrons. The van der Waals surface area contributed by atoms with E-state index in [1.807, 2.05) is 11.8 Å². The molecule has 0 bridgehead atoms. The minimum atomic E-state index is 0.439. The number of rotatable bonds is 3. The molecule has 102 valence electrons. The van der Waals surface area contributed by atoms with Crippen LogP contribution in [0.1, 0.15) is 23.3 Å². The molecule has 2 aromatic carbocycles. The summed E-state index contributed by atoms with van der Waals surface area (Å²) in [6.07, 6.45) is 1.08. The number of amidine groups is 1. The highest BCUT2D eigenvalue weighted by molar-refractivity contribution is 8.14. The number of hydrogen-bond acceptors (Lipinski definition) is 3. The first-order valence-corrected chi connectivity index (χ1v) is 7.85. The number of thioether (sulfide) groups is 1. The Morgan fingerprint density at radius 1 is 1.10 bits per heavy atom. The van der Waals surface area contributed by atoms with Gasteiger partial charge in [0.05, 0.1) is 11.8 Å². The Kier molecular flexibility index (Phi) is 4.07. The zero-order valence-corrected chi connectivity index (χ0v) is 12.4. The summed E-state index contributed by atoms with van der Waals surface area (Å²) in [6, 6.07) is 19.1. The van der Waals surface area contributed by atoms with Gasteiger partial charge in [-0.05, 0) is 29.7 Å². The molecule has 20 heavy (non-hydrogen) atoms. The van der Waals surface area contributed by atoms with E-state index in [1.165, 1.54) is 11.1 Å². The fraction of sp³-hybridized carbons (Fsp3) is 0.235. The molecular weight excluding hydrogens is 264 g/mol. The van der Waals surface area contributed by atoms with Gasteiger partial charge in [-0.15, -0.1) is 0 Å². The Morgan fingerprint density at radius 3 is 2.55 bits per heavy atom. The molecule has 2 nitrogen and oxygen atoms in total. The lowest BCUT2D eigenvalue weighted by Gasteiger charge is -2.09. The number of nitrogens with one attached hydrogen (secondary N) is 1. The van der Waals surface area contributed by atoms with E-state index >= 15 is 0 Å². The Bertz CT molecular complexity index is 590. The average Bonchev–Trinajstić information content (AvgIpc) is 2.97. The van der Waals surface area contributed by atoms with Crippen molar-refractivity contribution in [3.63, 3.8) is 0 Å². The van der Waals surface area contributed by atoms with Gasteiger partial charge in [-0.1, -0.05) is 61.2 Å². The van der Waals surface area contributed by atoms with Crippen LogP contribution < -0.4 is 5.32 Å². The molecule has 0 amide bonds. The number of benzene rings is 2. The maximum atomic E-state index is 4.60. The van der Waals surface area contributed by atoms with E-state index in [0.29, 0.717) is 5.25 Å². The molecule has 1 aliphatic rings. The van der Waals surface area contributed by atoms with Crippen molar-refractivity contribution in [1.82, 2.24) is 0 Å². The summed E-state index contributed by atoms with van der Waals surface area (Å²) in [5.41, 5.74) is 3.82. The fourth-order valence-electron chi connectivity index (χ4n) is 2.23. The molecule has 1 aliphatic heterocycles. The summed E-state index contributed by atoms with van der Waals surface area (Å²) in [5.74, 6) is 0. The minimum Gasteiger partial charge on any atom is -0.335 e. The van der Waals surface area contributed by atoms with Crippen molar-refractivity contribution < 1.29 is 0 Å². The predicted octanol–water partition coefficient (Wildman–Crippen LogP) is 4.51. The third kappa shape index (κ3) is 3.05. The van der Waals surface area contributed by atoms with Crippen molar-refractivity contribution in [3.05, 3.63) is 65.7 Å². The van der Waals surface area contributed by atoms with Crippen LogP contribution in [0.25, 0.3) is 0 Å². The first-order valence-electron chi connectivity index (χ1n) is 6.97. The van der Waals surface area contributed by atoms with Crippen LogP contribution in [-0.2, 0) is 6.42 Å². The van der Waals surface area contributed by atoms with Crippen molar-refractivity contribution in [2.75, 3.05) is 11.9 Å². The molecule has 1 unspecified atom stereocenters. The smallest absolute Gasteiger partial charge is 0.161 e. The van der Waals surface area contributed by atoms with Crippen LogP contribution in [0.15, 0.2) is 59.6 Å². The molecule has 0 aliphatic carbocycles. The molecule has 0 saturated heterocycles. The zero-order chi connectivity index (χ0) is 13.8. The predicted molar refractivity (Wildman–Crippen MR) is 88.5 cm³/mol. The maximum Gasteiger partial charge on any atom is 0.161 e. The van der Waals surface area contributed by atoms with E-state index in [-0.39, 0.29) is 0 Å². The molecule has 0 aromatic heterocycles. The summed E-state index contributed by atoms with van der Waals surface area (Å²) in [6.45, 7) is 3.02. The topological polar surface area (TPSA) is 24.4 Å². The normalized spacial score (nSPS) is 17.9. The second-order valence-corrected chi connectivity index (χ2v) is 6.03. The van der Waals surface area contributed by atoms with Gasteiger partial charge in [0.1, 0.15) is 0 Å². The summed E-state index contributed by atoms with van der Waals surface area (Å²) < 4.78 is 0. The van der Waals surface area contributed by atoms with Gasteiger partial charge in [-0.25, -0.2) is 0 Å². The first-order chi connectivity index (χ1) is 9.85. The zero-order valence-electron chi connectivity index (χ0n) is 11.5. The van der Waals surface area contributed by atoms with Gasteiger partial charge in [-0.2, -0.15) is 0 Å². The Balaban J connectivity index is 1.62. The molecule has 3 rings (SSSR count). The molecule has 1 atom stereocenters. The van der Waals surface area contributed by atoms with Crippen molar-refractivity contribution in [3.8, 4) is 0 Å². The molecule has 1 heterocycles. The van der Waals surface area contributed by atoms with Crippen molar-refractivity contribution in [2.45, 2.75) is 18.6 Å². The van der Waals surface area contributed by atoms with Crippen LogP contribution in [0.4, 0.5) is 5.69 Å². The Morgan fingerprint density at radius 2 is 1.85 bits per heavy atom. The molecule has 1 N–H and O–H groups in total. The second kappa shape index (κ2) is 6.14. The quantitative estimate of drug-likeness (QED) is 0.896. The largest absolute Gasteiger partial charge is 0.335 e. The molecule has 0 spiro atoms. The first kappa shape index (κ1) is 13.3. The highest BCUT2D eigenvalue weighted by atomic mass is 32.2. The van der Waals surface area contributed by atoms with Gasteiger partial charge >= 0.3 is 0 Å². The van der Waals surface area contributed by atoms with Gasteiger partial charge in [0, 0.05) is 5.69 Å². The Hall–Kier alpha value is -1.74. The van der Waals surface area contributed by atoms with Gasteiger partial charge in [-0.3, -0.25) is 4.99 Å². The van der Waals surface area contributed by atoms with Gasteiger partial charge in [0.2, 0.25) is 0 Å². The summed E-state index contributed by atoms with van der Waals surface area (Å²) in [5, 5.41) is 4.86. The Labute approximate surface area is 124 Å². The van der Waals surface area contributed by atoms with E-state index in [4.69, 9.17) is 0 Å². The average molecular weight is 282 g/mol. The maximum absolute atomic E-state index is 4.60. The van der Waals surface area contributed by atoms with E-state index < -0.39 is 0 Å². The number of nitrogens with zero attached hydrogens (tertiary/aromatic N) is 1. The summed E-state index contributed by atoms with van der Waals surface area (Å²) in [7, 11) is 0. The number of anilines is 1. The number of hydrogen-bond donors (Lipinski definition) is 1. The van der Waals surface area contributed by atoms with Gasteiger partial charge in [0.25, 0.3) is 0 Å². The molecule has 2 aromatic rings. The van der Waals surface area contributed by atoms with Gasteiger partial charge < -0.3 is 5.32 Å². The van der Waals surface area contributed by atoms with E-state index in [1.54, 1.807) is 0 Å². The van der Waals surface area contributed by atoms with Crippen molar-refractivity contribution in [1.29, 1.82) is 0 Å². The monoisotopic (exact) mass is 282 g/mol. The van der Waals surface area contributed by atoms with Crippen LogP contribution in [0.2, 0.25) is 0 Å². The number of aryl methyl sites for hydroxylation is 1. The summed E-state index contributed by atoms with van der Waals surface area (Å²) in [4.78, 5) is 4.60. The molecule has 0 fully saturated rings. The van der Waals surface area contributed by atoms with Gasteiger partial charge in [0.15, 0.2) is 5.17 Å². The molecule has 3 heteroatoms. The minimum absolute atomic E-state index is 0.439. The highest BCUT2D eigenvalue weighted by Gasteiger charge is 2.21.